The van der Waals surface area contributed by atoms with Crippen molar-refractivity contribution in [3.63, 3.8) is 0 Å². The molecule has 0 aromatic rings. The third kappa shape index (κ3) is 4.85. The molecule has 0 aromatic heterocycles. The van der Waals surface area contributed by atoms with Gasteiger partial charge in [0, 0.05) is 4.91 Å². The molecule has 0 rings (SSSR count). The highest BCUT2D eigenvalue weighted by atomic mass is 28.4. The van der Waals surface area contributed by atoms with E-state index >= 15 is 0 Å². The Labute approximate surface area is 115 Å². The average Bonchev–Trinajstić information content (AvgIpc) is 2.20. The van der Waals surface area contributed by atoms with E-state index in [0.717, 1.165) is 0 Å². The molecular formula is C12H25N3O3Si. The van der Waals surface area contributed by atoms with E-state index in [0.29, 0.717) is 0 Å². The molecule has 6 nitrogen and oxygen atoms in total. The van der Waals surface area contributed by atoms with Crippen molar-refractivity contribution in [3.05, 3.63) is 10.4 Å². The number of azide groups is 1. The maximum absolute atomic E-state index is 11.2. The molecule has 0 radical (unpaired) electrons. The van der Waals surface area contributed by atoms with Gasteiger partial charge in [0.1, 0.15) is 0 Å². The van der Waals surface area contributed by atoms with Crippen molar-refractivity contribution in [2.45, 2.75) is 64.9 Å². The topological polar surface area (TPSA) is 95.3 Å². The van der Waals surface area contributed by atoms with Crippen molar-refractivity contribution in [2.75, 3.05) is 0 Å². The van der Waals surface area contributed by atoms with Gasteiger partial charge in [-0.05, 0) is 29.6 Å². The van der Waals surface area contributed by atoms with E-state index in [-0.39, 0.29) is 11.0 Å². The molecule has 7 heteroatoms. The van der Waals surface area contributed by atoms with Crippen LogP contribution in [0.4, 0.5) is 0 Å². The van der Waals surface area contributed by atoms with Crippen LogP contribution in [0.15, 0.2) is 5.11 Å². The maximum Gasteiger partial charge on any atom is 0.315 e. The molecule has 0 saturated heterocycles. The summed E-state index contributed by atoms with van der Waals surface area (Å²) >= 11 is 0. The van der Waals surface area contributed by atoms with E-state index in [1.807, 2.05) is 13.8 Å². The van der Waals surface area contributed by atoms with Crippen LogP contribution in [0.25, 0.3) is 10.4 Å². The van der Waals surface area contributed by atoms with Crippen LogP contribution in [0.3, 0.4) is 0 Å². The van der Waals surface area contributed by atoms with Crippen LogP contribution in [-0.2, 0) is 9.22 Å². The van der Waals surface area contributed by atoms with Crippen molar-refractivity contribution < 1.29 is 14.3 Å². The first-order chi connectivity index (χ1) is 8.44. The molecule has 0 saturated carbocycles. The summed E-state index contributed by atoms with van der Waals surface area (Å²) in [4.78, 5) is 13.9. The van der Waals surface area contributed by atoms with Gasteiger partial charge in [0.25, 0.3) is 0 Å². The van der Waals surface area contributed by atoms with Crippen LogP contribution in [-0.4, -0.2) is 31.5 Å². The summed E-state index contributed by atoms with van der Waals surface area (Å²) in [7, 11) is -2.12. The van der Waals surface area contributed by atoms with Gasteiger partial charge in [0.05, 0.1) is 6.10 Å². The zero-order chi connectivity index (χ0) is 15.4. The Hall–Kier alpha value is -1.04. The monoisotopic (exact) mass is 287 g/mol. The number of rotatable bonds is 6. The average molecular weight is 287 g/mol. The molecule has 2 atom stereocenters. The number of carbonyl (C=O) groups is 1. The fourth-order valence-electron chi connectivity index (χ4n) is 1.39. The number of carboxylic acids is 1. The highest BCUT2D eigenvalue weighted by molar-refractivity contribution is 6.74. The lowest BCUT2D eigenvalue weighted by Gasteiger charge is -2.41. The summed E-state index contributed by atoms with van der Waals surface area (Å²) < 4.78 is 6.13. The van der Waals surface area contributed by atoms with Gasteiger partial charge in [-0.1, -0.05) is 39.7 Å². The molecule has 0 spiro atoms. The van der Waals surface area contributed by atoms with E-state index in [1.54, 1.807) is 0 Å². The number of carboxylic acid groups (broad SMARTS) is 1. The van der Waals surface area contributed by atoms with Gasteiger partial charge in [0.2, 0.25) is 0 Å². The smallest absolute Gasteiger partial charge is 0.315 e. The third-order valence-corrected chi connectivity index (χ3v) is 8.11. The second-order valence-electron chi connectivity index (χ2n) is 6.57. The minimum Gasteiger partial charge on any atom is -0.481 e. The Kier molecular flexibility index (Phi) is 6.06. The Morgan fingerprint density at radius 2 is 1.84 bits per heavy atom. The van der Waals surface area contributed by atoms with Gasteiger partial charge in [-0.3, -0.25) is 4.79 Å². The quantitative estimate of drug-likeness (QED) is 0.348. The minimum absolute atomic E-state index is 0.0282. The largest absolute Gasteiger partial charge is 0.481 e. The predicted octanol–water partition coefficient (Wildman–Crippen LogP) is 3.80. The Morgan fingerprint density at radius 3 is 2.11 bits per heavy atom. The molecular weight excluding hydrogens is 262 g/mol. The summed E-state index contributed by atoms with van der Waals surface area (Å²) in [6.07, 6.45) is -0.603. The second kappa shape index (κ2) is 6.41. The normalized spacial score (nSPS) is 15.8. The number of aliphatic carboxylic acids is 1. The van der Waals surface area contributed by atoms with Crippen LogP contribution >= 0.6 is 0 Å². The minimum atomic E-state index is -2.12. The van der Waals surface area contributed by atoms with Crippen molar-refractivity contribution in [1.29, 1.82) is 0 Å². The van der Waals surface area contributed by atoms with Crippen molar-refractivity contribution in [2.24, 2.45) is 11.0 Å². The maximum atomic E-state index is 11.2. The fraction of sp³-hybridized carbons (Fsp3) is 0.917. The fourth-order valence-corrected chi connectivity index (χ4v) is 2.83. The molecule has 0 aliphatic heterocycles. The van der Waals surface area contributed by atoms with Gasteiger partial charge in [-0.15, -0.1) is 0 Å². The first kappa shape index (κ1) is 18.0. The predicted molar refractivity (Wildman–Crippen MR) is 77.5 cm³/mol. The van der Waals surface area contributed by atoms with Gasteiger partial charge >= 0.3 is 5.97 Å². The first-order valence-corrected chi connectivity index (χ1v) is 9.29. The Bertz CT molecular complexity index is 369. The van der Waals surface area contributed by atoms with Gasteiger partial charge < -0.3 is 9.53 Å². The summed E-state index contributed by atoms with van der Waals surface area (Å²) in [5.74, 6) is -1.18. The van der Waals surface area contributed by atoms with Gasteiger partial charge in [-0.25, -0.2) is 0 Å². The summed E-state index contributed by atoms with van der Waals surface area (Å²) in [5, 5.41) is 12.6. The van der Waals surface area contributed by atoms with Gasteiger partial charge in [-0.2, -0.15) is 0 Å². The summed E-state index contributed by atoms with van der Waals surface area (Å²) in [6, 6.07) is -1.18. The first-order valence-electron chi connectivity index (χ1n) is 6.39. The zero-order valence-electron chi connectivity index (χ0n) is 12.8. The molecule has 0 aromatic carbocycles. The van der Waals surface area contributed by atoms with Gasteiger partial charge in [0.15, 0.2) is 14.4 Å². The van der Waals surface area contributed by atoms with Crippen LogP contribution < -0.4 is 0 Å². The van der Waals surface area contributed by atoms with E-state index in [1.165, 1.54) is 0 Å². The molecule has 0 fully saturated rings. The third-order valence-electron chi connectivity index (χ3n) is 3.63. The SMILES string of the molecule is CC(C)[C@@H](O[Si](C)(C)C(C)(C)C)[C@@H](N=[N+]=[N-])C(=O)O. The molecule has 1 N–H and O–H groups in total. The zero-order valence-corrected chi connectivity index (χ0v) is 13.8. The van der Waals surface area contributed by atoms with Crippen LogP contribution in [0.1, 0.15) is 34.6 Å². The second-order valence-corrected chi connectivity index (χ2v) is 11.3. The highest BCUT2D eigenvalue weighted by Gasteiger charge is 2.42. The van der Waals surface area contributed by atoms with Crippen molar-refractivity contribution >= 4 is 14.3 Å². The molecule has 110 valence electrons. The lowest BCUT2D eigenvalue weighted by atomic mass is 10.0. The molecule has 0 unspecified atom stereocenters. The van der Waals surface area contributed by atoms with Crippen molar-refractivity contribution in [1.82, 2.24) is 0 Å². The molecule has 0 bridgehead atoms. The Balaban J connectivity index is 5.35. The van der Waals surface area contributed by atoms with E-state index in [2.05, 4.69) is 43.9 Å². The number of hydrogen-bond donors (Lipinski definition) is 1. The van der Waals surface area contributed by atoms with Crippen LogP contribution in [0.2, 0.25) is 18.1 Å². The van der Waals surface area contributed by atoms with Crippen LogP contribution in [0.5, 0.6) is 0 Å². The number of nitrogens with zero attached hydrogens (tertiary/aromatic N) is 3. The van der Waals surface area contributed by atoms with Crippen molar-refractivity contribution in [3.8, 4) is 0 Å². The van der Waals surface area contributed by atoms with E-state index in [4.69, 9.17) is 9.96 Å². The molecule has 0 amide bonds. The lowest BCUT2D eigenvalue weighted by Crippen LogP contribution is -2.50. The van der Waals surface area contributed by atoms with E-state index < -0.39 is 26.4 Å². The molecule has 0 heterocycles. The highest BCUT2D eigenvalue weighted by Crippen LogP contribution is 2.38. The summed E-state index contributed by atoms with van der Waals surface area (Å²) in [6.45, 7) is 14.1. The van der Waals surface area contributed by atoms with Crippen LogP contribution in [0, 0.1) is 5.92 Å². The standard InChI is InChI=1S/C12H25N3O3Si/c1-8(2)10(9(11(16)17)14-15-13)18-19(6,7)12(3,4)5/h8-10H,1-7H3,(H,16,17)/t9-,10-/m1/s1. The summed E-state index contributed by atoms with van der Waals surface area (Å²) in [5.41, 5.74) is 8.53. The van der Waals surface area contributed by atoms with E-state index in [9.17, 15) is 9.90 Å². The molecule has 19 heavy (non-hydrogen) atoms. The Morgan fingerprint density at radius 1 is 1.37 bits per heavy atom. The molecule has 0 aliphatic carbocycles. The lowest BCUT2D eigenvalue weighted by molar-refractivity contribution is -0.141. The molecule has 0 aliphatic rings. The number of hydrogen-bond acceptors (Lipinski definition) is 3.